The van der Waals surface area contributed by atoms with Crippen LogP contribution in [0.5, 0.6) is 0 Å². The van der Waals surface area contributed by atoms with Gasteiger partial charge in [0, 0.05) is 13.0 Å². The molecule has 2 aliphatic rings. The van der Waals surface area contributed by atoms with Crippen LogP contribution in [0.15, 0.2) is 35.9 Å². The number of rotatable bonds is 10. The maximum absolute atomic E-state index is 13.9. The summed E-state index contributed by atoms with van der Waals surface area (Å²) in [6.07, 6.45) is -4.37. The SMILES string of the molecule is C=C1[C@@H](P(=O)(O)OC[C@H]2O[C@@H](n3cnc4c(N)ncnc43)[C@H](O)[C@@H]2O[PH](=O)O)[C@H](n2cnc3c(=O)[nH]c(N)nc32)O[C@@H]1CCO. The lowest BCUT2D eigenvalue weighted by Gasteiger charge is -2.26. The van der Waals surface area contributed by atoms with E-state index in [0.29, 0.717) is 0 Å². The van der Waals surface area contributed by atoms with E-state index in [1.165, 1.54) is 28.1 Å². The molecule has 0 aliphatic carbocycles. The Balaban J connectivity index is 1.29. The van der Waals surface area contributed by atoms with Crippen molar-refractivity contribution in [1.29, 1.82) is 0 Å². The summed E-state index contributed by atoms with van der Waals surface area (Å²) in [5, 5.41) is 20.6. The van der Waals surface area contributed by atoms with Gasteiger partial charge in [0.1, 0.15) is 35.8 Å². The normalized spacial score (nSPS) is 29.1. The summed E-state index contributed by atoms with van der Waals surface area (Å²) in [6.45, 7) is 2.85. The number of H-pyrrole nitrogens is 1. The van der Waals surface area contributed by atoms with Crippen molar-refractivity contribution in [1.82, 2.24) is 39.0 Å². The molecular formula is C22H28N10O11P2. The zero-order chi connectivity index (χ0) is 32.2. The molecule has 4 aromatic rings. The van der Waals surface area contributed by atoms with Crippen LogP contribution in [-0.4, -0.2) is 102 Å². The minimum absolute atomic E-state index is 0.0157. The van der Waals surface area contributed by atoms with Gasteiger partial charge in [-0.25, -0.2) is 19.9 Å². The van der Waals surface area contributed by atoms with Crippen molar-refractivity contribution in [3.63, 3.8) is 0 Å². The van der Waals surface area contributed by atoms with Gasteiger partial charge in [0.2, 0.25) is 5.95 Å². The van der Waals surface area contributed by atoms with E-state index >= 15 is 0 Å². The summed E-state index contributed by atoms with van der Waals surface area (Å²) >= 11 is 0. The Bertz CT molecular complexity index is 1900. The topological polar surface area (TPSA) is 311 Å². The third kappa shape index (κ3) is 5.57. The minimum Gasteiger partial charge on any atom is -0.396 e. The standard InChI is InChI=1S/C22H28N10O11P2/c1-8-9(2-3-33)41-21(32-7-28-12-18(32)29-22(24)30-19(12)35)15(8)45(38,39)40-4-10-14(43-44(36)37)13(34)20(42-10)31-6-27-11-16(23)25-5-26-17(11)31/h5-7,9-10,13-15,20-21,33-34,44H,1-4H2,(H,36,37)(H,38,39)(H2,23,25,26)(H3,24,29,30,35)/t9-,10-,13-,14-,15-,20-,21-/m1/s1. The second-order valence-corrected chi connectivity index (χ2v) is 12.9. The molecule has 0 bridgehead atoms. The predicted molar refractivity (Wildman–Crippen MR) is 153 cm³/mol. The molecule has 0 saturated carbocycles. The van der Waals surface area contributed by atoms with Gasteiger partial charge >= 0.3 is 15.9 Å². The van der Waals surface area contributed by atoms with Crippen LogP contribution >= 0.6 is 15.9 Å². The Hall–Kier alpha value is -3.62. The molecule has 9 N–H and O–H groups in total. The van der Waals surface area contributed by atoms with Crippen LogP contribution in [-0.2, 0) is 27.7 Å². The number of aromatic nitrogens is 8. The van der Waals surface area contributed by atoms with Crippen molar-refractivity contribution in [2.75, 3.05) is 24.7 Å². The van der Waals surface area contributed by atoms with Gasteiger partial charge in [-0.05, 0) is 5.57 Å². The highest BCUT2D eigenvalue weighted by atomic mass is 31.2. The number of hydrogen-bond acceptors (Lipinski definition) is 16. The highest BCUT2D eigenvalue weighted by Crippen LogP contribution is 2.59. The van der Waals surface area contributed by atoms with Crippen LogP contribution < -0.4 is 17.0 Å². The van der Waals surface area contributed by atoms with Gasteiger partial charge in [-0.2, -0.15) is 4.98 Å². The van der Waals surface area contributed by atoms with E-state index < -0.39 is 70.5 Å². The number of aliphatic hydroxyl groups excluding tert-OH is 2. The fourth-order valence-electron chi connectivity index (χ4n) is 5.45. The van der Waals surface area contributed by atoms with Crippen molar-refractivity contribution in [3.05, 3.63) is 41.5 Å². The predicted octanol–water partition coefficient (Wildman–Crippen LogP) is -1.44. The van der Waals surface area contributed by atoms with Crippen LogP contribution in [0.1, 0.15) is 18.9 Å². The maximum Gasteiger partial charge on any atom is 0.339 e. The lowest BCUT2D eigenvalue weighted by atomic mass is 10.1. The lowest BCUT2D eigenvalue weighted by molar-refractivity contribution is -0.0487. The molecule has 6 heterocycles. The highest BCUT2D eigenvalue weighted by Gasteiger charge is 2.53. The smallest absolute Gasteiger partial charge is 0.339 e. The first-order chi connectivity index (χ1) is 21.4. The van der Waals surface area contributed by atoms with Crippen molar-refractivity contribution in [3.8, 4) is 0 Å². The molecule has 6 rings (SSSR count). The summed E-state index contributed by atoms with van der Waals surface area (Å²) in [4.78, 5) is 55.7. The maximum atomic E-state index is 13.9. The number of fused-ring (bicyclic) bond motifs is 2. The summed E-state index contributed by atoms with van der Waals surface area (Å²) in [7, 11) is -8.46. The molecule has 0 amide bonds. The molecule has 45 heavy (non-hydrogen) atoms. The molecule has 2 fully saturated rings. The van der Waals surface area contributed by atoms with Crippen molar-refractivity contribution in [2.24, 2.45) is 0 Å². The molecule has 2 unspecified atom stereocenters. The Morgan fingerprint density at radius 2 is 1.82 bits per heavy atom. The first kappa shape index (κ1) is 31.4. The molecular weight excluding hydrogens is 642 g/mol. The van der Waals surface area contributed by atoms with Gasteiger partial charge in [-0.3, -0.25) is 28.0 Å². The number of aromatic amines is 1. The van der Waals surface area contributed by atoms with Gasteiger partial charge in [-0.1, -0.05) is 6.58 Å². The van der Waals surface area contributed by atoms with Crippen LogP contribution in [0.2, 0.25) is 0 Å². The second-order valence-electron chi connectivity index (χ2n) is 10.2. The molecule has 2 aliphatic heterocycles. The summed E-state index contributed by atoms with van der Waals surface area (Å²) < 4.78 is 50.6. The molecule has 21 nitrogen and oxygen atoms in total. The first-order valence-corrected chi connectivity index (χ1v) is 16.1. The molecule has 4 aromatic heterocycles. The minimum atomic E-state index is -4.82. The number of aliphatic hydroxyl groups is 2. The van der Waals surface area contributed by atoms with Gasteiger partial charge < -0.3 is 50.0 Å². The van der Waals surface area contributed by atoms with E-state index in [1.807, 2.05) is 0 Å². The van der Waals surface area contributed by atoms with Gasteiger partial charge in [0.05, 0.1) is 25.4 Å². The largest absolute Gasteiger partial charge is 0.396 e. The summed E-state index contributed by atoms with van der Waals surface area (Å²) in [5.41, 5.74) is 9.72. The number of ether oxygens (including phenoxy) is 2. The quantitative estimate of drug-likeness (QED) is 0.0750. The first-order valence-electron chi connectivity index (χ1n) is 13.2. The number of nitrogens with one attached hydrogen (secondary N) is 1. The van der Waals surface area contributed by atoms with Crippen LogP contribution in [0, 0.1) is 0 Å². The molecule has 242 valence electrons. The van der Waals surface area contributed by atoms with Crippen LogP contribution in [0.25, 0.3) is 22.3 Å². The van der Waals surface area contributed by atoms with Gasteiger partial charge in [0.25, 0.3) is 5.56 Å². The average molecular weight is 670 g/mol. The summed E-state index contributed by atoms with van der Waals surface area (Å²) in [6, 6.07) is 0. The Morgan fingerprint density at radius 1 is 1.11 bits per heavy atom. The van der Waals surface area contributed by atoms with Crippen LogP contribution in [0.3, 0.4) is 0 Å². The third-order valence-electron chi connectivity index (χ3n) is 7.47. The third-order valence-corrected chi connectivity index (χ3v) is 9.75. The highest BCUT2D eigenvalue weighted by molar-refractivity contribution is 7.54. The molecule has 9 atom stereocenters. The molecule has 23 heteroatoms. The zero-order valence-electron chi connectivity index (χ0n) is 23.0. The zero-order valence-corrected chi connectivity index (χ0v) is 24.9. The number of nitrogens with two attached hydrogens (primary N) is 2. The second kappa shape index (κ2) is 12.0. The number of nitrogens with zero attached hydrogens (tertiary/aromatic N) is 7. The van der Waals surface area contributed by atoms with Crippen molar-refractivity contribution >= 4 is 49.9 Å². The molecule has 0 radical (unpaired) electrons. The Morgan fingerprint density at radius 3 is 2.53 bits per heavy atom. The average Bonchev–Trinajstić information content (AvgIpc) is 3.73. The van der Waals surface area contributed by atoms with Gasteiger partial charge in [-0.15, -0.1) is 0 Å². The number of anilines is 2. The number of nitrogen functional groups attached to an aromatic ring is 2. The number of imidazole rings is 2. The Kier molecular flexibility index (Phi) is 8.33. The monoisotopic (exact) mass is 670 g/mol. The molecule has 0 aromatic carbocycles. The van der Waals surface area contributed by atoms with E-state index in [1.54, 1.807) is 0 Å². The van der Waals surface area contributed by atoms with E-state index in [0.717, 1.165) is 0 Å². The van der Waals surface area contributed by atoms with Gasteiger partial charge in [0.15, 0.2) is 35.1 Å². The fraction of sp³-hybridized carbons (Fsp3) is 0.455. The molecule has 0 spiro atoms. The Labute approximate surface area is 251 Å². The van der Waals surface area contributed by atoms with E-state index in [2.05, 4.69) is 36.5 Å². The van der Waals surface area contributed by atoms with E-state index in [4.69, 9.17) is 30.0 Å². The van der Waals surface area contributed by atoms with Crippen molar-refractivity contribution in [2.45, 2.75) is 49.0 Å². The lowest BCUT2D eigenvalue weighted by Crippen LogP contribution is -2.35. The number of hydrogen-bond donors (Lipinski definition) is 7. The fourth-order valence-corrected chi connectivity index (χ4v) is 7.62. The van der Waals surface area contributed by atoms with Crippen molar-refractivity contribution < 1.29 is 47.7 Å². The van der Waals surface area contributed by atoms with E-state index in [-0.39, 0.29) is 52.7 Å². The van der Waals surface area contributed by atoms with Crippen LogP contribution in [0.4, 0.5) is 11.8 Å². The van der Waals surface area contributed by atoms with E-state index in [9.17, 15) is 33.9 Å². The summed E-state index contributed by atoms with van der Waals surface area (Å²) in [5.74, 6) is -0.180. The molecule has 2 saturated heterocycles.